The van der Waals surface area contributed by atoms with Gasteiger partial charge < -0.3 is 15.1 Å². The molecule has 0 unspecified atom stereocenters. The molecule has 1 heterocycles. The summed E-state index contributed by atoms with van der Waals surface area (Å²) in [4.78, 5) is 16.4. The van der Waals surface area contributed by atoms with E-state index in [4.69, 9.17) is 16.6 Å². The van der Waals surface area contributed by atoms with Crippen LogP contribution in [0.5, 0.6) is 0 Å². The Labute approximate surface area is 170 Å². The normalized spacial score (nSPS) is 11.2. The molecular formula is C22H25N3O2S. The topological polar surface area (TPSA) is 67.2 Å². The van der Waals surface area contributed by atoms with Crippen LogP contribution in [0.25, 0.3) is 22.6 Å². The van der Waals surface area contributed by atoms with E-state index in [1.165, 1.54) is 5.56 Å². The minimum Gasteiger partial charge on any atom is -0.436 e. The third-order valence-electron chi connectivity index (χ3n) is 4.32. The molecule has 0 spiro atoms. The van der Waals surface area contributed by atoms with E-state index >= 15 is 0 Å². The van der Waals surface area contributed by atoms with Crippen LogP contribution < -0.4 is 10.6 Å². The number of anilines is 1. The average molecular weight is 396 g/mol. The van der Waals surface area contributed by atoms with Crippen LogP contribution in [0, 0.1) is 5.92 Å². The lowest BCUT2D eigenvalue weighted by Crippen LogP contribution is -2.34. The van der Waals surface area contributed by atoms with E-state index in [0.717, 1.165) is 16.8 Å². The fraction of sp³-hybridized carbons (Fsp3) is 0.318. The fourth-order valence-corrected chi connectivity index (χ4v) is 3.08. The fourth-order valence-electron chi connectivity index (χ4n) is 2.85. The van der Waals surface area contributed by atoms with Crippen molar-refractivity contribution in [3.63, 3.8) is 0 Å². The van der Waals surface area contributed by atoms with Crippen LogP contribution in [-0.4, -0.2) is 16.0 Å². The largest absolute Gasteiger partial charge is 0.436 e. The summed E-state index contributed by atoms with van der Waals surface area (Å²) in [6, 6.07) is 13.8. The zero-order chi connectivity index (χ0) is 20.3. The van der Waals surface area contributed by atoms with E-state index in [1.807, 2.05) is 44.2 Å². The number of oxazole rings is 1. The lowest BCUT2D eigenvalue weighted by Gasteiger charge is -2.10. The molecule has 3 rings (SSSR count). The predicted molar refractivity (Wildman–Crippen MR) is 117 cm³/mol. The van der Waals surface area contributed by atoms with Gasteiger partial charge in [-0.05, 0) is 59.9 Å². The second-order valence-electron chi connectivity index (χ2n) is 7.58. The van der Waals surface area contributed by atoms with Gasteiger partial charge >= 0.3 is 0 Å². The van der Waals surface area contributed by atoms with Crippen LogP contribution in [0.3, 0.4) is 0 Å². The molecule has 0 bridgehead atoms. The van der Waals surface area contributed by atoms with Crippen LogP contribution >= 0.6 is 12.2 Å². The number of hydrogen-bond donors (Lipinski definition) is 2. The molecule has 146 valence electrons. The summed E-state index contributed by atoms with van der Waals surface area (Å²) in [5.74, 6) is 1.25. The lowest BCUT2D eigenvalue weighted by molar-refractivity contribution is -0.120. The molecule has 2 aromatic carbocycles. The third kappa shape index (κ3) is 4.95. The first-order valence-electron chi connectivity index (χ1n) is 9.43. The molecule has 0 fully saturated rings. The summed E-state index contributed by atoms with van der Waals surface area (Å²) in [5.41, 5.74) is 4.38. The third-order valence-corrected chi connectivity index (χ3v) is 4.52. The van der Waals surface area contributed by atoms with E-state index in [9.17, 15) is 4.79 Å². The van der Waals surface area contributed by atoms with E-state index in [2.05, 4.69) is 41.6 Å². The van der Waals surface area contributed by atoms with Gasteiger partial charge in [-0.25, -0.2) is 4.98 Å². The van der Waals surface area contributed by atoms with Crippen molar-refractivity contribution in [1.29, 1.82) is 0 Å². The maximum Gasteiger partial charge on any atom is 0.227 e. The summed E-state index contributed by atoms with van der Waals surface area (Å²) < 4.78 is 5.88. The van der Waals surface area contributed by atoms with Gasteiger partial charge in [-0.1, -0.05) is 39.8 Å². The van der Waals surface area contributed by atoms with Crippen molar-refractivity contribution in [3.8, 4) is 11.5 Å². The number of fused-ring (bicyclic) bond motifs is 1. The standard InChI is InChI=1S/C22H25N3O2S/c1-13(2)11-20(26)25-22(28)23-17-9-10-19-18(12-17)24-21(27-19)16-7-5-15(6-8-16)14(3)4/h5-10,12-14H,11H2,1-4H3,(H2,23,25,26,28). The highest BCUT2D eigenvalue weighted by Gasteiger charge is 2.11. The molecule has 6 heteroatoms. The quantitative estimate of drug-likeness (QED) is 0.560. The van der Waals surface area contributed by atoms with E-state index in [1.54, 1.807) is 0 Å². The minimum absolute atomic E-state index is 0.0952. The van der Waals surface area contributed by atoms with Crippen LogP contribution in [0.15, 0.2) is 46.9 Å². The van der Waals surface area contributed by atoms with Gasteiger partial charge in [0, 0.05) is 17.7 Å². The van der Waals surface area contributed by atoms with Crippen molar-refractivity contribution in [2.75, 3.05) is 5.32 Å². The first-order valence-corrected chi connectivity index (χ1v) is 9.84. The van der Waals surface area contributed by atoms with Gasteiger partial charge in [0.2, 0.25) is 11.8 Å². The SMILES string of the molecule is CC(C)CC(=O)NC(=S)Nc1ccc2oc(-c3ccc(C(C)C)cc3)nc2c1. The summed E-state index contributed by atoms with van der Waals surface area (Å²) in [7, 11) is 0. The van der Waals surface area contributed by atoms with Gasteiger partial charge in [0.1, 0.15) is 5.52 Å². The molecule has 0 saturated heterocycles. The Morgan fingerprint density at radius 3 is 2.46 bits per heavy atom. The van der Waals surface area contributed by atoms with Crippen molar-refractivity contribution >= 4 is 40.0 Å². The molecule has 28 heavy (non-hydrogen) atoms. The second-order valence-corrected chi connectivity index (χ2v) is 7.99. The first-order chi connectivity index (χ1) is 13.3. The molecule has 0 radical (unpaired) electrons. The minimum atomic E-state index is -0.0952. The lowest BCUT2D eigenvalue weighted by atomic mass is 10.0. The number of benzene rings is 2. The Morgan fingerprint density at radius 1 is 1.11 bits per heavy atom. The molecule has 1 amide bonds. The molecule has 0 saturated carbocycles. The van der Waals surface area contributed by atoms with Gasteiger partial charge in [-0.2, -0.15) is 0 Å². The Morgan fingerprint density at radius 2 is 1.82 bits per heavy atom. The van der Waals surface area contributed by atoms with Crippen molar-refractivity contribution in [1.82, 2.24) is 10.3 Å². The van der Waals surface area contributed by atoms with Crippen molar-refractivity contribution in [2.45, 2.75) is 40.0 Å². The average Bonchev–Trinajstić information content (AvgIpc) is 3.04. The van der Waals surface area contributed by atoms with Crippen molar-refractivity contribution in [2.24, 2.45) is 5.92 Å². The molecular weight excluding hydrogens is 370 g/mol. The van der Waals surface area contributed by atoms with Crippen molar-refractivity contribution in [3.05, 3.63) is 48.0 Å². The molecule has 3 aromatic rings. The summed E-state index contributed by atoms with van der Waals surface area (Å²) in [6.45, 7) is 8.31. The van der Waals surface area contributed by atoms with Gasteiger partial charge in [0.15, 0.2) is 10.7 Å². The summed E-state index contributed by atoms with van der Waals surface area (Å²) in [6.07, 6.45) is 0.434. The van der Waals surface area contributed by atoms with Gasteiger partial charge in [-0.3, -0.25) is 4.79 Å². The van der Waals surface area contributed by atoms with Gasteiger partial charge in [-0.15, -0.1) is 0 Å². The number of nitrogens with one attached hydrogen (secondary N) is 2. The summed E-state index contributed by atoms with van der Waals surface area (Å²) >= 11 is 5.22. The van der Waals surface area contributed by atoms with Crippen LogP contribution in [0.4, 0.5) is 5.69 Å². The highest BCUT2D eigenvalue weighted by atomic mass is 32.1. The predicted octanol–water partition coefficient (Wildman–Crippen LogP) is 5.48. The molecule has 0 atom stereocenters. The molecule has 0 aliphatic rings. The Balaban J connectivity index is 1.73. The highest BCUT2D eigenvalue weighted by molar-refractivity contribution is 7.80. The number of thiocarbonyl (C=S) groups is 1. The Kier molecular flexibility index (Phi) is 6.09. The maximum atomic E-state index is 11.8. The van der Waals surface area contributed by atoms with Gasteiger partial charge in [0.25, 0.3) is 0 Å². The van der Waals surface area contributed by atoms with Crippen LogP contribution in [0.2, 0.25) is 0 Å². The maximum absolute atomic E-state index is 11.8. The molecule has 0 aliphatic heterocycles. The highest BCUT2D eigenvalue weighted by Crippen LogP contribution is 2.27. The molecule has 2 N–H and O–H groups in total. The van der Waals surface area contributed by atoms with Crippen LogP contribution in [0.1, 0.15) is 45.6 Å². The smallest absolute Gasteiger partial charge is 0.227 e. The second kappa shape index (κ2) is 8.52. The summed E-state index contributed by atoms with van der Waals surface area (Å²) in [5, 5.41) is 5.99. The number of hydrogen-bond acceptors (Lipinski definition) is 4. The number of amides is 1. The van der Waals surface area contributed by atoms with E-state index in [0.29, 0.717) is 23.8 Å². The Hall–Kier alpha value is -2.73. The molecule has 5 nitrogen and oxygen atoms in total. The van der Waals surface area contributed by atoms with E-state index < -0.39 is 0 Å². The van der Waals surface area contributed by atoms with Crippen molar-refractivity contribution < 1.29 is 9.21 Å². The zero-order valence-electron chi connectivity index (χ0n) is 16.6. The number of nitrogens with zero attached hydrogens (tertiary/aromatic N) is 1. The number of carbonyl (C=O) groups excluding carboxylic acids is 1. The van der Waals surface area contributed by atoms with E-state index in [-0.39, 0.29) is 16.9 Å². The zero-order valence-corrected chi connectivity index (χ0v) is 17.4. The number of rotatable bonds is 5. The molecule has 0 aliphatic carbocycles. The monoisotopic (exact) mass is 395 g/mol. The Bertz CT molecular complexity index is 991. The first kappa shape index (κ1) is 20.0. The van der Waals surface area contributed by atoms with Gasteiger partial charge in [0.05, 0.1) is 0 Å². The van der Waals surface area contributed by atoms with Crippen LogP contribution in [-0.2, 0) is 4.79 Å². The number of carbonyl (C=O) groups is 1. The number of aromatic nitrogens is 1. The molecule has 1 aromatic heterocycles.